The third-order valence-electron chi connectivity index (χ3n) is 4.61. The van der Waals surface area contributed by atoms with Crippen LogP contribution < -0.4 is 10.9 Å². The third-order valence-corrected chi connectivity index (χ3v) is 6.03. The molecule has 1 aromatic heterocycles. The molecule has 0 spiro atoms. The highest BCUT2D eigenvalue weighted by Crippen LogP contribution is 2.24. The fraction of sp³-hybridized carbons (Fsp3) is 0.286. The first kappa shape index (κ1) is 21.7. The van der Waals surface area contributed by atoms with Gasteiger partial charge >= 0.3 is 0 Å². The summed E-state index contributed by atoms with van der Waals surface area (Å²) in [4.78, 5) is 30.1. The van der Waals surface area contributed by atoms with Gasteiger partial charge in [0.25, 0.3) is 5.56 Å². The van der Waals surface area contributed by atoms with E-state index < -0.39 is 0 Å². The zero-order valence-corrected chi connectivity index (χ0v) is 18.6. The van der Waals surface area contributed by atoms with E-state index in [2.05, 4.69) is 10.3 Å². The topological polar surface area (TPSA) is 64.0 Å². The first-order valence-corrected chi connectivity index (χ1v) is 10.9. The number of halogens is 2. The van der Waals surface area contributed by atoms with Gasteiger partial charge in [0.15, 0.2) is 5.16 Å². The van der Waals surface area contributed by atoms with Crippen LogP contribution in [0.5, 0.6) is 0 Å². The Bertz CT molecular complexity index is 1100. The van der Waals surface area contributed by atoms with E-state index in [-0.39, 0.29) is 23.3 Å². The largest absolute Gasteiger partial charge is 0.353 e. The molecule has 29 heavy (non-hydrogen) atoms. The van der Waals surface area contributed by atoms with Gasteiger partial charge in [-0.15, -0.1) is 0 Å². The summed E-state index contributed by atoms with van der Waals surface area (Å²) in [5.74, 6) is 0.361. The molecule has 0 bridgehead atoms. The number of carbonyl (C=O) groups is 1. The van der Waals surface area contributed by atoms with Crippen LogP contribution in [0.4, 0.5) is 0 Å². The number of hydrogen-bond acceptors (Lipinski definition) is 4. The van der Waals surface area contributed by atoms with E-state index in [1.807, 2.05) is 20.8 Å². The average molecular weight is 450 g/mol. The molecule has 152 valence electrons. The van der Waals surface area contributed by atoms with E-state index in [0.717, 1.165) is 0 Å². The SMILES string of the molecule is CC(C)C(C)NC(=O)CSc1nc2cc(Cl)ccc2c(=O)n1-c1ccc(Cl)cc1. The summed E-state index contributed by atoms with van der Waals surface area (Å²) in [6, 6.07) is 11.9. The van der Waals surface area contributed by atoms with Crippen molar-refractivity contribution in [3.63, 3.8) is 0 Å². The maximum Gasteiger partial charge on any atom is 0.266 e. The monoisotopic (exact) mass is 449 g/mol. The van der Waals surface area contributed by atoms with Crippen molar-refractivity contribution >= 4 is 51.8 Å². The molecule has 1 N–H and O–H groups in total. The maximum atomic E-state index is 13.2. The number of hydrogen-bond donors (Lipinski definition) is 1. The molecule has 3 rings (SSSR count). The zero-order valence-electron chi connectivity index (χ0n) is 16.3. The molecule has 1 unspecified atom stereocenters. The molecule has 0 radical (unpaired) electrons. The average Bonchev–Trinajstić information content (AvgIpc) is 2.67. The molecular formula is C21H21Cl2N3O2S. The van der Waals surface area contributed by atoms with E-state index in [1.54, 1.807) is 42.5 Å². The molecule has 0 saturated heterocycles. The van der Waals surface area contributed by atoms with Gasteiger partial charge in [-0.2, -0.15) is 0 Å². The fourth-order valence-electron chi connectivity index (χ4n) is 2.65. The molecule has 2 aromatic carbocycles. The molecule has 1 atom stereocenters. The van der Waals surface area contributed by atoms with E-state index in [9.17, 15) is 9.59 Å². The van der Waals surface area contributed by atoms with Crippen LogP contribution in [0.15, 0.2) is 52.4 Å². The molecule has 5 nitrogen and oxygen atoms in total. The van der Waals surface area contributed by atoms with Crippen LogP contribution in [-0.4, -0.2) is 27.3 Å². The molecule has 8 heteroatoms. The molecular weight excluding hydrogens is 429 g/mol. The minimum atomic E-state index is -0.229. The highest BCUT2D eigenvalue weighted by molar-refractivity contribution is 7.99. The summed E-state index contributed by atoms with van der Waals surface area (Å²) in [6.07, 6.45) is 0. The smallest absolute Gasteiger partial charge is 0.266 e. The van der Waals surface area contributed by atoms with E-state index in [0.29, 0.717) is 37.7 Å². The predicted octanol–water partition coefficient (Wildman–Crippen LogP) is 4.95. The van der Waals surface area contributed by atoms with Crippen molar-refractivity contribution in [3.8, 4) is 5.69 Å². The van der Waals surface area contributed by atoms with Crippen molar-refractivity contribution in [3.05, 3.63) is 62.9 Å². The van der Waals surface area contributed by atoms with Crippen LogP contribution in [0.3, 0.4) is 0 Å². The van der Waals surface area contributed by atoms with Crippen LogP contribution in [-0.2, 0) is 4.79 Å². The fourth-order valence-corrected chi connectivity index (χ4v) is 3.76. The van der Waals surface area contributed by atoms with Crippen LogP contribution in [0.2, 0.25) is 10.0 Å². The zero-order chi connectivity index (χ0) is 21.1. The van der Waals surface area contributed by atoms with Crippen LogP contribution in [0.1, 0.15) is 20.8 Å². The molecule has 0 saturated carbocycles. The summed E-state index contributed by atoms with van der Waals surface area (Å²) in [5.41, 5.74) is 0.890. The number of benzene rings is 2. The normalized spacial score (nSPS) is 12.3. The Balaban J connectivity index is 2.01. The molecule has 0 aliphatic rings. The minimum Gasteiger partial charge on any atom is -0.353 e. The van der Waals surface area contributed by atoms with Gasteiger partial charge in [-0.05, 0) is 55.3 Å². The first-order chi connectivity index (χ1) is 13.8. The molecule has 0 aliphatic carbocycles. The van der Waals surface area contributed by atoms with Gasteiger partial charge in [0.1, 0.15) is 0 Å². The summed E-state index contributed by atoms with van der Waals surface area (Å²) in [7, 11) is 0. The minimum absolute atomic E-state index is 0.0601. The van der Waals surface area contributed by atoms with Gasteiger partial charge < -0.3 is 5.32 Å². The van der Waals surface area contributed by atoms with Gasteiger partial charge in [0.05, 0.1) is 22.3 Å². The van der Waals surface area contributed by atoms with Crippen molar-refractivity contribution in [2.24, 2.45) is 5.92 Å². The van der Waals surface area contributed by atoms with Gasteiger partial charge in [0.2, 0.25) is 5.91 Å². The van der Waals surface area contributed by atoms with E-state index in [4.69, 9.17) is 23.2 Å². The van der Waals surface area contributed by atoms with Gasteiger partial charge in [-0.25, -0.2) is 4.98 Å². The van der Waals surface area contributed by atoms with Gasteiger partial charge in [0, 0.05) is 16.1 Å². The number of amides is 1. The molecule has 0 aliphatic heterocycles. The van der Waals surface area contributed by atoms with E-state index in [1.165, 1.54) is 16.3 Å². The van der Waals surface area contributed by atoms with Crippen LogP contribution in [0, 0.1) is 5.92 Å². The van der Waals surface area contributed by atoms with Gasteiger partial charge in [-0.1, -0.05) is 48.8 Å². The standard InChI is InChI=1S/C21H21Cl2N3O2S/c1-12(2)13(3)24-19(27)11-29-21-25-18-10-15(23)6-9-17(18)20(28)26(21)16-7-4-14(22)5-8-16/h4-10,12-13H,11H2,1-3H3,(H,24,27). The first-order valence-electron chi connectivity index (χ1n) is 9.16. The lowest BCUT2D eigenvalue weighted by atomic mass is 10.1. The Kier molecular flexibility index (Phi) is 6.88. The molecule has 0 fully saturated rings. The van der Waals surface area contributed by atoms with Gasteiger partial charge in [-0.3, -0.25) is 14.2 Å². The Morgan fingerprint density at radius 2 is 1.76 bits per heavy atom. The second kappa shape index (κ2) is 9.20. The number of nitrogens with zero attached hydrogens (tertiary/aromatic N) is 2. The number of rotatable bonds is 6. The van der Waals surface area contributed by atoms with Crippen molar-refractivity contribution in [1.29, 1.82) is 0 Å². The lowest BCUT2D eigenvalue weighted by molar-refractivity contribution is -0.119. The second-order valence-electron chi connectivity index (χ2n) is 7.06. The lowest BCUT2D eigenvalue weighted by Gasteiger charge is -2.18. The summed E-state index contributed by atoms with van der Waals surface area (Å²) >= 11 is 13.3. The van der Waals surface area contributed by atoms with Crippen LogP contribution in [0.25, 0.3) is 16.6 Å². The van der Waals surface area contributed by atoms with Crippen molar-refractivity contribution < 1.29 is 4.79 Å². The lowest BCUT2D eigenvalue weighted by Crippen LogP contribution is -2.37. The molecule has 3 aromatic rings. The number of nitrogens with one attached hydrogen (secondary N) is 1. The van der Waals surface area contributed by atoms with Crippen molar-refractivity contribution in [1.82, 2.24) is 14.9 Å². The maximum absolute atomic E-state index is 13.2. The Morgan fingerprint density at radius 1 is 1.10 bits per heavy atom. The van der Waals surface area contributed by atoms with Crippen molar-refractivity contribution in [2.45, 2.75) is 32.0 Å². The number of thioether (sulfide) groups is 1. The summed E-state index contributed by atoms with van der Waals surface area (Å²) in [6.45, 7) is 6.06. The Labute approximate surface area is 183 Å². The predicted molar refractivity (Wildman–Crippen MR) is 121 cm³/mol. The van der Waals surface area contributed by atoms with Crippen molar-refractivity contribution in [2.75, 3.05) is 5.75 Å². The second-order valence-corrected chi connectivity index (χ2v) is 8.88. The van der Waals surface area contributed by atoms with E-state index >= 15 is 0 Å². The Morgan fingerprint density at radius 3 is 2.41 bits per heavy atom. The highest BCUT2D eigenvalue weighted by atomic mass is 35.5. The third kappa shape index (κ3) is 5.13. The number of fused-ring (bicyclic) bond motifs is 1. The highest BCUT2D eigenvalue weighted by Gasteiger charge is 2.16. The number of carbonyl (C=O) groups excluding carboxylic acids is 1. The summed E-state index contributed by atoms with van der Waals surface area (Å²) < 4.78 is 1.50. The number of aromatic nitrogens is 2. The quantitative estimate of drug-likeness (QED) is 0.427. The summed E-state index contributed by atoms with van der Waals surface area (Å²) in [5, 5.41) is 4.89. The van der Waals surface area contributed by atoms with Crippen LogP contribution >= 0.6 is 35.0 Å². The molecule has 1 heterocycles. The molecule has 1 amide bonds. The Hall–Kier alpha value is -2.02.